The van der Waals surface area contributed by atoms with Gasteiger partial charge in [0.15, 0.2) is 11.6 Å². The Morgan fingerprint density at radius 2 is 1.12 bits per heavy atom. The van der Waals surface area contributed by atoms with E-state index >= 15 is 0 Å². The van der Waals surface area contributed by atoms with E-state index in [0.29, 0.717) is 42.9 Å². The van der Waals surface area contributed by atoms with Crippen LogP contribution in [0.25, 0.3) is 0 Å². The third-order valence-electron chi connectivity index (χ3n) is 13.7. The SMILES string of the molecule is C=CCCCCCCCCCCC.CCCCCCCCC(/C=C\C(=O)CCCCCCCOC[C@@H]1C[C@H](/C=C\C(=O)CCN(C)C)CCN1CCCCCC(C)=O)CCCCCCCC. The first-order valence-electron chi connectivity index (χ1n) is 28.6. The highest BCUT2D eigenvalue weighted by atomic mass is 16.5. The molecule has 0 bridgehead atoms. The molecule has 0 amide bonds. The van der Waals surface area contributed by atoms with Gasteiger partial charge in [0.1, 0.15) is 5.78 Å². The summed E-state index contributed by atoms with van der Waals surface area (Å²) in [4.78, 5) is 41.0. The summed E-state index contributed by atoms with van der Waals surface area (Å²) in [5.74, 6) is 1.80. The standard InChI is InChI=1S/C47H86N2O4.C13H26/c1-6-8-10-12-15-21-27-43(28-22-16-13-11-9-7-2)30-32-46(51)29-23-17-14-18-25-39-53-41-45-40-44(31-33-47(52)35-37-48(4)5)34-38-49(45)36-24-19-20-26-42(3)50;1-3-5-7-9-11-13-12-10-8-6-4-2/h30-33,43-45H,6-29,34-41H2,1-5H3;3H,1,4-13H2,2H3/b32-30-,33-31-;/t44-,45+;/m1./s1. The number of likely N-dealkylation sites (tertiary alicyclic amines) is 1. The van der Waals surface area contributed by atoms with Crippen molar-refractivity contribution in [3.8, 4) is 0 Å². The number of piperidine rings is 1. The van der Waals surface area contributed by atoms with Crippen molar-refractivity contribution < 1.29 is 19.1 Å². The van der Waals surface area contributed by atoms with Crippen molar-refractivity contribution in [1.82, 2.24) is 9.80 Å². The van der Waals surface area contributed by atoms with Crippen LogP contribution < -0.4 is 0 Å². The van der Waals surface area contributed by atoms with E-state index < -0.39 is 0 Å². The summed E-state index contributed by atoms with van der Waals surface area (Å²) >= 11 is 0. The zero-order valence-electron chi connectivity index (χ0n) is 45.1. The van der Waals surface area contributed by atoms with E-state index in [1.165, 1.54) is 154 Å². The summed E-state index contributed by atoms with van der Waals surface area (Å²) in [5.41, 5.74) is 0. The topological polar surface area (TPSA) is 66.9 Å². The molecule has 2 atom stereocenters. The molecule has 0 aromatic rings. The third kappa shape index (κ3) is 44.6. The lowest BCUT2D eigenvalue weighted by Gasteiger charge is -2.38. The van der Waals surface area contributed by atoms with Gasteiger partial charge in [0, 0.05) is 38.5 Å². The molecule has 1 saturated heterocycles. The summed E-state index contributed by atoms with van der Waals surface area (Å²) < 4.78 is 6.26. The van der Waals surface area contributed by atoms with E-state index in [1.54, 1.807) is 6.92 Å². The van der Waals surface area contributed by atoms with E-state index in [4.69, 9.17) is 4.74 Å². The highest BCUT2D eigenvalue weighted by Crippen LogP contribution is 2.26. The summed E-state index contributed by atoms with van der Waals surface area (Å²) in [6.07, 6.45) is 55.4. The quantitative estimate of drug-likeness (QED) is 0.0344. The molecule has 66 heavy (non-hydrogen) atoms. The molecule has 6 nitrogen and oxygen atoms in total. The van der Waals surface area contributed by atoms with Gasteiger partial charge in [-0.1, -0.05) is 193 Å². The van der Waals surface area contributed by atoms with Crippen molar-refractivity contribution in [3.63, 3.8) is 0 Å². The molecule has 0 aromatic carbocycles. The highest BCUT2D eigenvalue weighted by molar-refractivity contribution is 5.90. The zero-order valence-corrected chi connectivity index (χ0v) is 45.1. The van der Waals surface area contributed by atoms with Crippen LogP contribution in [0.1, 0.15) is 265 Å². The minimum Gasteiger partial charge on any atom is -0.380 e. The minimum atomic E-state index is 0.214. The van der Waals surface area contributed by atoms with Crippen molar-refractivity contribution >= 4 is 17.3 Å². The van der Waals surface area contributed by atoms with Gasteiger partial charge >= 0.3 is 0 Å². The molecule has 6 heteroatoms. The highest BCUT2D eigenvalue weighted by Gasteiger charge is 2.27. The van der Waals surface area contributed by atoms with E-state index in [1.807, 2.05) is 32.3 Å². The molecule has 1 rings (SSSR count). The summed E-state index contributed by atoms with van der Waals surface area (Å²) in [6, 6.07) is 0.373. The van der Waals surface area contributed by atoms with E-state index in [9.17, 15) is 14.4 Å². The number of rotatable bonds is 47. The van der Waals surface area contributed by atoms with Crippen LogP contribution in [0.3, 0.4) is 0 Å². The second kappa shape index (κ2) is 49.5. The average Bonchev–Trinajstić information content (AvgIpc) is 3.30. The van der Waals surface area contributed by atoms with Gasteiger partial charge in [0.2, 0.25) is 0 Å². The van der Waals surface area contributed by atoms with Crippen molar-refractivity contribution in [1.29, 1.82) is 0 Å². The number of allylic oxidation sites excluding steroid dienone is 5. The molecule has 0 spiro atoms. The first kappa shape index (κ1) is 64.1. The Kier molecular flexibility index (Phi) is 48.1. The van der Waals surface area contributed by atoms with Gasteiger partial charge < -0.3 is 14.4 Å². The fraction of sp³-hybridized carbons (Fsp3) is 0.850. The van der Waals surface area contributed by atoms with E-state index in [-0.39, 0.29) is 11.6 Å². The van der Waals surface area contributed by atoms with Crippen molar-refractivity contribution in [3.05, 3.63) is 37.0 Å². The Labute approximate surface area is 411 Å². The van der Waals surface area contributed by atoms with Crippen LogP contribution in [0.4, 0.5) is 0 Å². The van der Waals surface area contributed by atoms with Gasteiger partial charge in [-0.25, -0.2) is 0 Å². The number of nitrogens with zero attached hydrogens (tertiary/aromatic N) is 2. The fourth-order valence-corrected chi connectivity index (χ4v) is 9.19. The average molecular weight is 926 g/mol. The molecule has 0 aliphatic carbocycles. The van der Waals surface area contributed by atoms with Crippen LogP contribution >= 0.6 is 0 Å². The van der Waals surface area contributed by atoms with Gasteiger partial charge in [0.05, 0.1) is 6.61 Å². The summed E-state index contributed by atoms with van der Waals surface area (Å²) in [6.45, 7) is 16.6. The molecule has 1 heterocycles. The monoisotopic (exact) mass is 925 g/mol. The Morgan fingerprint density at radius 3 is 1.68 bits per heavy atom. The maximum atomic E-state index is 12.7. The van der Waals surface area contributed by atoms with Gasteiger partial charge in [-0.2, -0.15) is 0 Å². The molecule has 1 aliphatic rings. The first-order chi connectivity index (χ1) is 32.2. The largest absolute Gasteiger partial charge is 0.380 e. The molecule has 386 valence electrons. The number of unbranched alkanes of at least 4 members (excludes halogenated alkanes) is 25. The lowest BCUT2D eigenvalue weighted by atomic mass is 9.90. The lowest BCUT2D eigenvalue weighted by Crippen LogP contribution is -2.45. The van der Waals surface area contributed by atoms with Crippen LogP contribution in [-0.2, 0) is 19.1 Å². The number of hydrogen-bond acceptors (Lipinski definition) is 6. The molecule has 0 unspecified atom stereocenters. The lowest BCUT2D eigenvalue weighted by molar-refractivity contribution is -0.117. The van der Waals surface area contributed by atoms with Crippen LogP contribution in [-0.4, -0.2) is 80.1 Å². The predicted molar refractivity (Wildman–Crippen MR) is 289 cm³/mol. The van der Waals surface area contributed by atoms with Crippen molar-refractivity contribution in [2.75, 3.05) is 46.9 Å². The third-order valence-corrected chi connectivity index (χ3v) is 13.7. The Hall–Kier alpha value is -1.89. The smallest absolute Gasteiger partial charge is 0.156 e. The molecule has 0 saturated carbocycles. The number of hydrogen-bond donors (Lipinski definition) is 0. The van der Waals surface area contributed by atoms with Crippen molar-refractivity contribution in [2.45, 2.75) is 271 Å². The summed E-state index contributed by atoms with van der Waals surface area (Å²) in [5, 5.41) is 0. The second-order valence-corrected chi connectivity index (χ2v) is 20.6. The molecule has 0 radical (unpaired) electrons. The van der Waals surface area contributed by atoms with E-state index in [2.05, 4.69) is 49.3 Å². The molecule has 1 aliphatic heterocycles. The Balaban J connectivity index is 0.00000280. The molecule has 1 fully saturated rings. The number of carbonyl (C=O) groups is 3. The number of Topliss-reactive ketones (excluding diaryl/α,β-unsaturated/α-hetero) is 1. The fourth-order valence-electron chi connectivity index (χ4n) is 9.19. The van der Waals surface area contributed by atoms with Crippen LogP contribution in [0.2, 0.25) is 0 Å². The van der Waals surface area contributed by atoms with Crippen LogP contribution in [0.5, 0.6) is 0 Å². The number of ether oxygens (including phenoxy) is 1. The van der Waals surface area contributed by atoms with Gasteiger partial charge in [-0.15, -0.1) is 6.58 Å². The van der Waals surface area contributed by atoms with Gasteiger partial charge in [0.25, 0.3) is 0 Å². The first-order valence-corrected chi connectivity index (χ1v) is 28.6. The Morgan fingerprint density at radius 1 is 0.621 bits per heavy atom. The number of ketones is 3. The zero-order chi connectivity index (χ0) is 48.6. The predicted octanol–water partition coefficient (Wildman–Crippen LogP) is 17.0. The van der Waals surface area contributed by atoms with Crippen LogP contribution in [0.15, 0.2) is 37.0 Å². The van der Waals surface area contributed by atoms with Crippen molar-refractivity contribution in [2.24, 2.45) is 11.8 Å². The van der Waals surface area contributed by atoms with E-state index in [0.717, 1.165) is 97.1 Å². The van der Waals surface area contributed by atoms with Gasteiger partial charge in [-0.3, -0.25) is 14.5 Å². The molecular formula is C60H112N2O4. The van der Waals surface area contributed by atoms with Crippen LogP contribution in [0, 0.1) is 11.8 Å². The normalized spacial score (nSPS) is 15.6. The maximum Gasteiger partial charge on any atom is 0.156 e. The second-order valence-electron chi connectivity index (χ2n) is 20.6. The van der Waals surface area contributed by atoms with Gasteiger partial charge in [-0.05, 0) is 122 Å². The maximum absolute atomic E-state index is 12.7. The summed E-state index contributed by atoms with van der Waals surface area (Å²) in [7, 11) is 4.01. The Bertz CT molecular complexity index is 1150. The molecule has 0 aromatic heterocycles. The molecule has 0 N–H and O–H groups in total. The number of carbonyl (C=O) groups excluding carboxylic acids is 3. The molecular weight excluding hydrogens is 813 g/mol. The minimum absolute atomic E-state index is 0.214.